The topological polar surface area (TPSA) is 30.0 Å². The summed E-state index contributed by atoms with van der Waals surface area (Å²) in [7, 11) is 0. The lowest BCUT2D eigenvalue weighted by Crippen LogP contribution is -2.21. The fourth-order valence-electron chi connectivity index (χ4n) is 2.46. The van der Waals surface area contributed by atoms with Gasteiger partial charge in [-0.3, -0.25) is 9.78 Å². The first-order valence-electron chi connectivity index (χ1n) is 6.35. The van der Waals surface area contributed by atoms with Gasteiger partial charge in [0.2, 0.25) is 0 Å². The molecular weight excluding hydrogens is 242 g/mol. The van der Waals surface area contributed by atoms with Crippen molar-refractivity contribution < 1.29 is 4.79 Å². The van der Waals surface area contributed by atoms with Crippen LogP contribution in [0.25, 0.3) is 10.8 Å². The molecule has 0 aliphatic carbocycles. The summed E-state index contributed by atoms with van der Waals surface area (Å²) in [6.45, 7) is 0. The smallest absolute Gasteiger partial charge is 0.176 e. The number of rotatable bonds is 2. The standard InChI is InChI=1S/C15H15NOS/c17-15(14-6-1-2-9-18-14)13-5-3-4-11-10-16-8-7-12(11)13/h3-5,7-8,10,14H,1-2,6,9H2. The van der Waals surface area contributed by atoms with Gasteiger partial charge in [-0.1, -0.05) is 24.6 Å². The van der Waals surface area contributed by atoms with Crippen LogP contribution < -0.4 is 0 Å². The number of ketones is 1. The normalized spacial score (nSPS) is 19.9. The number of thioether (sulfide) groups is 1. The van der Waals surface area contributed by atoms with E-state index in [9.17, 15) is 4.79 Å². The Labute approximate surface area is 111 Å². The van der Waals surface area contributed by atoms with E-state index >= 15 is 0 Å². The third kappa shape index (κ3) is 2.15. The summed E-state index contributed by atoms with van der Waals surface area (Å²) < 4.78 is 0. The number of aromatic nitrogens is 1. The van der Waals surface area contributed by atoms with Crippen molar-refractivity contribution in [2.24, 2.45) is 0 Å². The van der Waals surface area contributed by atoms with Crippen molar-refractivity contribution in [3.8, 4) is 0 Å². The van der Waals surface area contributed by atoms with Gasteiger partial charge in [0.1, 0.15) is 0 Å². The first-order valence-corrected chi connectivity index (χ1v) is 7.40. The summed E-state index contributed by atoms with van der Waals surface area (Å²) in [6, 6.07) is 7.84. The van der Waals surface area contributed by atoms with Crippen LogP contribution in [0.3, 0.4) is 0 Å². The molecule has 0 bridgehead atoms. The lowest BCUT2D eigenvalue weighted by atomic mass is 9.99. The second kappa shape index (κ2) is 5.11. The Morgan fingerprint density at radius 2 is 2.22 bits per heavy atom. The van der Waals surface area contributed by atoms with Crippen molar-refractivity contribution in [3.05, 3.63) is 42.2 Å². The van der Waals surface area contributed by atoms with E-state index in [2.05, 4.69) is 4.98 Å². The largest absolute Gasteiger partial charge is 0.293 e. The SMILES string of the molecule is O=C(c1cccc2cnccc12)C1CCCCS1. The molecular formula is C15H15NOS. The maximum atomic E-state index is 12.6. The van der Waals surface area contributed by atoms with Gasteiger partial charge in [0.25, 0.3) is 0 Å². The van der Waals surface area contributed by atoms with Crippen LogP contribution in [0.5, 0.6) is 0 Å². The molecule has 0 amide bonds. The predicted octanol–water partition coefficient (Wildman–Crippen LogP) is 3.70. The van der Waals surface area contributed by atoms with E-state index in [-0.39, 0.29) is 11.0 Å². The average Bonchev–Trinajstić information content (AvgIpc) is 2.47. The first-order chi connectivity index (χ1) is 8.86. The molecule has 1 aromatic carbocycles. The molecule has 0 radical (unpaired) electrons. The highest BCUT2D eigenvalue weighted by Crippen LogP contribution is 2.30. The number of fused-ring (bicyclic) bond motifs is 1. The van der Waals surface area contributed by atoms with E-state index in [1.54, 1.807) is 6.20 Å². The highest BCUT2D eigenvalue weighted by Gasteiger charge is 2.23. The van der Waals surface area contributed by atoms with Gasteiger partial charge in [0, 0.05) is 23.3 Å². The minimum absolute atomic E-state index is 0.150. The van der Waals surface area contributed by atoms with Gasteiger partial charge in [-0.2, -0.15) is 11.8 Å². The molecule has 1 aliphatic heterocycles. The van der Waals surface area contributed by atoms with Gasteiger partial charge in [0.15, 0.2) is 5.78 Å². The Morgan fingerprint density at radius 1 is 1.28 bits per heavy atom. The first kappa shape index (κ1) is 11.7. The van der Waals surface area contributed by atoms with Crippen molar-refractivity contribution in [2.45, 2.75) is 24.5 Å². The number of benzene rings is 1. The van der Waals surface area contributed by atoms with Gasteiger partial charge in [-0.05, 0) is 30.0 Å². The minimum atomic E-state index is 0.150. The van der Waals surface area contributed by atoms with E-state index in [1.807, 2.05) is 42.2 Å². The summed E-state index contributed by atoms with van der Waals surface area (Å²) >= 11 is 1.81. The Morgan fingerprint density at radius 3 is 3.06 bits per heavy atom. The average molecular weight is 257 g/mol. The number of carbonyl (C=O) groups excluding carboxylic acids is 1. The molecule has 0 saturated carbocycles. The van der Waals surface area contributed by atoms with Crippen molar-refractivity contribution in [1.82, 2.24) is 4.98 Å². The maximum Gasteiger partial charge on any atom is 0.176 e. The van der Waals surface area contributed by atoms with Crippen LogP contribution in [0, 0.1) is 0 Å². The molecule has 1 fully saturated rings. The second-order valence-electron chi connectivity index (χ2n) is 4.62. The molecule has 1 atom stereocenters. The monoisotopic (exact) mass is 257 g/mol. The lowest BCUT2D eigenvalue weighted by molar-refractivity contribution is 0.0986. The number of Topliss-reactive ketones (excluding diaryl/α,β-unsaturated/α-hetero) is 1. The van der Waals surface area contributed by atoms with Crippen LogP contribution in [0.15, 0.2) is 36.7 Å². The Balaban J connectivity index is 2.00. The van der Waals surface area contributed by atoms with Crippen molar-refractivity contribution >= 4 is 28.3 Å². The molecule has 3 rings (SSSR count). The van der Waals surface area contributed by atoms with E-state index in [1.165, 1.54) is 12.8 Å². The summed E-state index contributed by atoms with van der Waals surface area (Å²) in [6.07, 6.45) is 7.02. The number of hydrogen-bond acceptors (Lipinski definition) is 3. The highest BCUT2D eigenvalue weighted by molar-refractivity contribution is 8.00. The van der Waals surface area contributed by atoms with Crippen LogP contribution in [0.1, 0.15) is 29.6 Å². The molecule has 0 spiro atoms. The number of nitrogens with zero attached hydrogens (tertiary/aromatic N) is 1. The quantitative estimate of drug-likeness (QED) is 0.768. The van der Waals surface area contributed by atoms with E-state index in [0.29, 0.717) is 0 Å². The van der Waals surface area contributed by atoms with Crippen LogP contribution >= 0.6 is 11.8 Å². The third-order valence-electron chi connectivity index (χ3n) is 3.42. The van der Waals surface area contributed by atoms with Crippen molar-refractivity contribution in [2.75, 3.05) is 5.75 Å². The molecule has 1 saturated heterocycles. The highest BCUT2D eigenvalue weighted by atomic mass is 32.2. The Kier molecular flexibility index (Phi) is 3.33. The van der Waals surface area contributed by atoms with Crippen LogP contribution in [0.4, 0.5) is 0 Å². The van der Waals surface area contributed by atoms with Crippen molar-refractivity contribution in [3.63, 3.8) is 0 Å². The van der Waals surface area contributed by atoms with Gasteiger partial charge in [0.05, 0.1) is 5.25 Å². The maximum absolute atomic E-state index is 12.6. The summed E-state index contributed by atoms with van der Waals surface area (Å²) in [4.78, 5) is 16.7. The molecule has 2 aromatic rings. The van der Waals surface area contributed by atoms with Gasteiger partial charge < -0.3 is 0 Å². The van der Waals surface area contributed by atoms with E-state index in [0.717, 1.165) is 28.5 Å². The fraction of sp³-hybridized carbons (Fsp3) is 0.333. The van der Waals surface area contributed by atoms with Crippen LogP contribution in [-0.4, -0.2) is 21.8 Å². The molecule has 92 valence electrons. The van der Waals surface area contributed by atoms with Gasteiger partial charge in [-0.15, -0.1) is 0 Å². The number of pyridine rings is 1. The zero-order chi connectivity index (χ0) is 12.4. The number of carbonyl (C=O) groups is 1. The molecule has 2 heterocycles. The zero-order valence-corrected chi connectivity index (χ0v) is 11.0. The summed E-state index contributed by atoms with van der Waals surface area (Å²) in [5.74, 6) is 1.40. The van der Waals surface area contributed by atoms with Gasteiger partial charge >= 0.3 is 0 Å². The lowest BCUT2D eigenvalue weighted by Gasteiger charge is -2.20. The molecule has 0 N–H and O–H groups in total. The van der Waals surface area contributed by atoms with Gasteiger partial charge in [-0.25, -0.2) is 0 Å². The molecule has 1 aliphatic rings. The van der Waals surface area contributed by atoms with E-state index in [4.69, 9.17) is 0 Å². The van der Waals surface area contributed by atoms with E-state index < -0.39 is 0 Å². The zero-order valence-electron chi connectivity index (χ0n) is 10.1. The predicted molar refractivity (Wildman–Crippen MR) is 76.2 cm³/mol. The van der Waals surface area contributed by atoms with Crippen LogP contribution in [0.2, 0.25) is 0 Å². The fourth-order valence-corrected chi connectivity index (χ4v) is 3.73. The summed E-state index contributed by atoms with van der Waals surface area (Å²) in [5.41, 5.74) is 0.856. The Hall–Kier alpha value is -1.35. The Bertz CT molecular complexity index is 570. The van der Waals surface area contributed by atoms with Crippen molar-refractivity contribution in [1.29, 1.82) is 0 Å². The minimum Gasteiger partial charge on any atom is -0.293 e. The third-order valence-corrected chi connectivity index (χ3v) is 4.79. The molecule has 18 heavy (non-hydrogen) atoms. The number of hydrogen-bond donors (Lipinski definition) is 0. The molecule has 2 nitrogen and oxygen atoms in total. The second-order valence-corrected chi connectivity index (χ2v) is 5.93. The molecule has 1 unspecified atom stereocenters. The summed E-state index contributed by atoms with van der Waals surface area (Å²) in [5, 5.41) is 2.23. The molecule has 3 heteroatoms. The molecule has 1 aromatic heterocycles. The van der Waals surface area contributed by atoms with Crippen LogP contribution in [-0.2, 0) is 0 Å².